The van der Waals surface area contributed by atoms with E-state index in [1.807, 2.05) is 0 Å². The summed E-state index contributed by atoms with van der Waals surface area (Å²) in [6, 6.07) is 0. The van der Waals surface area contributed by atoms with Gasteiger partial charge in [0.1, 0.15) is 12.0 Å². The van der Waals surface area contributed by atoms with Gasteiger partial charge in [0.05, 0.1) is 0 Å². The van der Waals surface area contributed by atoms with E-state index in [-0.39, 0.29) is 5.76 Å². The van der Waals surface area contributed by atoms with Crippen LogP contribution in [0.4, 0.5) is 0 Å². The van der Waals surface area contributed by atoms with Crippen LogP contribution in [0.25, 0.3) is 0 Å². The van der Waals surface area contributed by atoms with Gasteiger partial charge in [-0.1, -0.05) is 6.08 Å². The Morgan fingerprint density at radius 3 is 2.43 bits per heavy atom. The zero-order chi connectivity index (χ0) is 5.70. The van der Waals surface area contributed by atoms with Crippen LogP contribution in [-0.4, -0.2) is 10.2 Å². The van der Waals surface area contributed by atoms with Crippen LogP contribution in [0.3, 0.4) is 0 Å². The highest BCUT2D eigenvalue weighted by molar-refractivity contribution is 4.90. The third-order valence-corrected chi connectivity index (χ3v) is 0.502. The molecule has 0 amide bonds. The minimum Gasteiger partial charge on any atom is -0.512 e. The molecule has 0 heterocycles. The average Bonchev–Trinajstić information content (AvgIpc) is 1.68. The van der Waals surface area contributed by atoms with Gasteiger partial charge in [-0.05, 0) is 0 Å². The fourth-order valence-corrected chi connectivity index (χ4v) is 0.201. The van der Waals surface area contributed by atoms with Crippen LogP contribution in [0, 0.1) is 0 Å². The molecule has 2 nitrogen and oxygen atoms in total. The Bertz CT molecular complexity index is 84.1. The maximum atomic E-state index is 8.40. The van der Waals surface area contributed by atoms with E-state index in [0.29, 0.717) is 12.7 Å². The molecule has 0 spiro atoms. The quantitative estimate of drug-likeness (QED) is 0.408. The number of rotatable bonds is 2. The summed E-state index contributed by atoms with van der Waals surface area (Å²) in [5.41, 5.74) is 0. The molecule has 2 heteroatoms. The Morgan fingerprint density at radius 2 is 2.29 bits per heavy atom. The molecule has 0 unspecified atom stereocenters. The predicted octanol–water partition coefficient (Wildman–Crippen LogP) is 1.52. The topological polar surface area (TPSA) is 40.5 Å². The lowest BCUT2D eigenvalue weighted by atomic mass is 10.4. The van der Waals surface area contributed by atoms with E-state index in [0.717, 1.165) is 0 Å². The van der Waals surface area contributed by atoms with Crippen LogP contribution in [0.15, 0.2) is 24.7 Å². The second kappa shape index (κ2) is 3.28. The summed E-state index contributed by atoms with van der Waals surface area (Å²) in [6.45, 7) is 3.34. The Labute approximate surface area is 42.4 Å². The van der Waals surface area contributed by atoms with E-state index < -0.39 is 0 Å². The molecule has 0 saturated carbocycles. The van der Waals surface area contributed by atoms with Gasteiger partial charge in [-0.2, -0.15) is 0 Å². The summed E-state index contributed by atoms with van der Waals surface area (Å²) >= 11 is 0. The van der Waals surface area contributed by atoms with Gasteiger partial charge in [-0.15, -0.1) is 6.58 Å². The number of aliphatic hydroxyl groups is 2. The van der Waals surface area contributed by atoms with E-state index >= 15 is 0 Å². The fraction of sp³-hybridized carbons (Fsp3) is 0.200. The summed E-state index contributed by atoms with van der Waals surface area (Å²) in [7, 11) is 0. The molecule has 2 N–H and O–H groups in total. The first kappa shape index (κ1) is 6.08. The van der Waals surface area contributed by atoms with Crippen LogP contribution >= 0.6 is 0 Å². The molecule has 0 aliphatic heterocycles. The molecule has 0 aromatic heterocycles. The molecule has 0 bridgehead atoms. The summed E-state index contributed by atoms with van der Waals surface area (Å²) in [4.78, 5) is 0. The van der Waals surface area contributed by atoms with E-state index in [9.17, 15) is 0 Å². The van der Waals surface area contributed by atoms with Crippen LogP contribution in [0.2, 0.25) is 0 Å². The van der Waals surface area contributed by atoms with Crippen molar-refractivity contribution in [3.8, 4) is 0 Å². The summed E-state index contributed by atoms with van der Waals surface area (Å²) in [5.74, 6) is -0.0602. The van der Waals surface area contributed by atoms with E-state index in [1.54, 1.807) is 0 Å². The van der Waals surface area contributed by atoms with Gasteiger partial charge in [0.2, 0.25) is 0 Å². The van der Waals surface area contributed by atoms with Crippen molar-refractivity contribution in [1.82, 2.24) is 0 Å². The summed E-state index contributed by atoms with van der Waals surface area (Å²) < 4.78 is 0. The van der Waals surface area contributed by atoms with Crippen molar-refractivity contribution in [2.24, 2.45) is 0 Å². The molecule has 0 rings (SSSR count). The maximum absolute atomic E-state index is 8.40. The number of allylic oxidation sites excluding steroid dienone is 1. The van der Waals surface area contributed by atoms with Crippen LogP contribution in [-0.2, 0) is 0 Å². The Balaban J connectivity index is 3.36. The van der Waals surface area contributed by atoms with Crippen molar-refractivity contribution >= 4 is 0 Å². The van der Waals surface area contributed by atoms with Gasteiger partial charge in [0.25, 0.3) is 0 Å². The number of hydrogen-bond donors (Lipinski definition) is 2. The molecule has 0 fully saturated rings. The van der Waals surface area contributed by atoms with E-state index in [1.165, 1.54) is 6.08 Å². The van der Waals surface area contributed by atoms with Crippen molar-refractivity contribution in [3.05, 3.63) is 24.7 Å². The molecule has 0 atom stereocenters. The summed E-state index contributed by atoms with van der Waals surface area (Å²) in [5, 5.41) is 16.4. The van der Waals surface area contributed by atoms with Gasteiger partial charge in [-0.25, -0.2) is 0 Å². The largest absolute Gasteiger partial charge is 0.512 e. The standard InChI is InChI=1S/C5H8O2/c1-2-3-5(7)4-6/h2,4,6-7H,1,3H2/b5-4-. The van der Waals surface area contributed by atoms with E-state index in [2.05, 4.69) is 6.58 Å². The average molecular weight is 100 g/mol. The van der Waals surface area contributed by atoms with Crippen LogP contribution in [0.1, 0.15) is 6.42 Å². The first-order chi connectivity index (χ1) is 3.31. The van der Waals surface area contributed by atoms with Crippen LogP contribution in [0.5, 0.6) is 0 Å². The first-order valence-corrected chi connectivity index (χ1v) is 1.94. The lowest BCUT2D eigenvalue weighted by molar-refractivity contribution is 0.353. The fourth-order valence-electron chi connectivity index (χ4n) is 0.201. The molecule has 0 radical (unpaired) electrons. The number of hydrogen-bond acceptors (Lipinski definition) is 2. The van der Waals surface area contributed by atoms with Crippen molar-refractivity contribution in [1.29, 1.82) is 0 Å². The van der Waals surface area contributed by atoms with Gasteiger partial charge < -0.3 is 10.2 Å². The second-order valence-electron chi connectivity index (χ2n) is 1.11. The Morgan fingerprint density at radius 1 is 1.71 bits per heavy atom. The lowest BCUT2D eigenvalue weighted by Crippen LogP contribution is -1.74. The minimum absolute atomic E-state index is 0.0602. The molecule has 40 valence electrons. The molecule has 0 aliphatic carbocycles. The van der Waals surface area contributed by atoms with Gasteiger partial charge >= 0.3 is 0 Å². The smallest absolute Gasteiger partial charge is 0.130 e. The monoisotopic (exact) mass is 100 g/mol. The zero-order valence-electron chi connectivity index (χ0n) is 3.96. The number of aliphatic hydroxyl groups excluding tert-OH is 2. The minimum atomic E-state index is -0.0602. The lowest BCUT2D eigenvalue weighted by Gasteiger charge is -1.85. The molecule has 0 saturated heterocycles. The maximum Gasteiger partial charge on any atom is 0.130 e. The molecule has 0 aromatic rings. The second-order valence-corrected chi connectivity index (χ2v) is 1.11. The summed E-state index contributed by atoms with van der Waals surface area (Å²) in [6.07, 6.45) is 2.49. The van der Waals surface area contributed by atoms with Crippen molar-refractivity contribution in [3.63, 3.8) is 0 Å². The third-order valence-electron chi connectivity index (χ3n) is 0.502. The highest BCUT2D eigenvalue weighted by Crippen LogP contribution is 1.91. The Kier molecular flexibility index (Phi) is 2.85. The molecule has 7 heavy (non-hydrogen) atoms. The highest BCUT2D eigenvalue weighted by atomic mass is 16.3. The van der Waals surface area contributed by atoms with Gasteiger partial charge in [0, 0.05) is 6.42 Å². The van der Waals surface area contributed by atoms with E-state index in [4.69, 9.17) is 10.2 Å². The van der Waals surface area contributed by atoms with Gasteiger partial charge in [-0.3, -0.25) is 0 Å². The third kappa shape index (κ3) is 2.89. The predicted molar refractivity (Wildman–Crippen MR) is 28.2 cm³/mol. The normalized spacial score (nSPS) is 11.1. The van der Waals surface area contributed by atoms with Crippen molar-refractivity contribution < 1.29 is 10.2 Å². The zero-order valence-corrected chi connectivity index (χ0v) is 3.96. The SMILES string of the molecule is C=CC/C(O)=C/O. The molecule has 0 aliphatic rings. The molecular formula is C5H8O2. The van der Waals surface area contributed by atoms with Crippen LogP contribution < -0.4 is 0 Å². The highest BCUT2D eigenvalue weighted by Gasteiger charge is 1.81. The molecular weight excluding hydrogens is 92.1 g/mol. The van der Waals surface area contributed by atoms with Crippen molar-refractivity contribution in [2.75, 3.05) is 0 Å². The first-order valence-electron chi connectivity index (χ1n) is 1.94. The van der Waals surface area contributed by atoms with Gasteiger partial charge in [0.15, 0.2) is 0 Å². The van der Waals surface area contributed by atoms with Crippen molar-refractivity contribution in [2.45, 2.75) is 6.42 Å². The Hall–Kier alpha value is -0.920. The molecule has 0 aromatic carbocycles.